The molecule has 0 saturated heterocycles. The van der Waals surface area contributed by atoms with Gasteiger partial charge in [0.05, 0.1) is 5.56 Å². The Balaban J connectivity index is 2.76. The summed E-state index contributed by atoms with van der Waals surface area (Å²) in [4.78, 5) is 19.9. The summed E-state index contributed by atoms with van der Waals surface area (Å²) in [6.45, 7) is 3.92. The second-order valence-electron chi connectivity index (χ2n) is 4.62. The number of aryl methyl sites for hydroxylation is 1. The van der Waals surface area contributed by atoms with Crippen molar-refractivity contribution in [1.29, 1.82) is 0 Å². The van der Waals surface area contributed by atoms with E-state index < -0.39 is 11.6 Å². The summed E-state index contributed by atoms with van der Waals surface area (Å²) < 4.78 is 7.31. The van der Waals surface area contributed by atoms with Crippen LogP contribution in [0.1, 0.15) is 36.5 Å². The van der Waals surface area contributed by atoms with E-state index in [4.69, 9.17) is 4.74 Å². The molecule has 0 aliphatic rings. The first-order valence-electron chi connectivity index (χ1n) is 6.05. The van der Waals surface area contributed by atoms with E-state index in [1.165, 1.54) is 12.3 Å². The van der Waals surface area contributed by atoms with Gasteiger partial charge in [-0.1, -0.05) is 6.92 Å². The topological polar surface area (TPSA) is 77.2 Å². The molecular weight excluding hydrogens is 246 g/mol. The van der Waals surface area contributed by atoms with Crippen LogP contribution in [0, 0.1) is 0 Å². The minimum absolute atomic E-state index is 0.154. The lowest BCUT2D eigenvalue weighted by Gasteiger charge is -2.25. The average Bonchev–Trinajstić information content (AvgIpc) is 2.76. The molecule has 1 unspecified atom stereocenters. The third-order valence-corrected chi connectivity index (χ3v) is 3.59. The molecule has 0 amide bonds. The Kier molecular flexibility index (Phi) is 3.28. The van der Waals surface area contributed by atoms with E-state index in [1.54, 1.807) is 11.7 Å². The quantitative estimate of drug-likeness (QED) is 0.912. The molecule has 0 radical (unpaired) electrons. The van der Waals surface area contributed by atoms with Crippen molar-refractivity contribution in [3.63, 3.8) is 0 Å². The smallest absolute Gasteiger partial charge is 0.338 e. The number of ether oxygens (including phenoxy) is 1. The SMILES string of the molecule is CCC(C)(OC)c1nc2c(C(=O)O)ccnc2n1C. The number of carboxylic acid groups (broad SMARTS) is 1. The molecule has 1 atom stereocenters. The van der Waals surface area contributed by atoms with E-state index in [0.29, 0.717) is 17.0 Å². The number of rotatable bonds is 4. The van der Waals surface area contributed by atoms with Gasteiger partial charge < -0.3 is 14.4 Å². The number of aromatic nitrogens is 3. The van der Waals surface area contributed by atoms with Crippen molar-refractivity contribution < 1.29 is 14.6 Å². The summed E-state index contributed by atoms with van der Waals surface area (Å²) in [5.74, 6) is -0.332. The molecule has 2 aromatic heterocycles. The Hall–Kier alpha value is -1.95. The summed E-state index contributed by atoms with van der Waals surface area (Å²) >= 11 is 0. The molecule has 1 N–H and O–H groups in total. The lowest BCUT2D eigenvalue weighted by atomic mass is 10.0. The standard InChI is InChI=1S/C13H17N3O3/c1-5-13(2,19-4)12-15-9-8(11(17)18)6-7-14-10(9)16(12)3/h6-7H,5H2,1-4H3,(H,17,18). The highest BCUT2D eigenvalue weighted by molar-refractivity contribution is 5.99. The number of imidazole rings is 1. The molecule has 0 aliphatic carbocycles. The van der Waals surface area contributed by atoms with Crippen LogP contribution in [0.15, 0.2) is 12.3 Å². The molecule has 2 rings (SSSR count). The Bertz CT molecular complexity index is 629. The first-order chi connectivity index (χ1) is 8.94. The third kappa shape index (κ3) is 1.98. The molecule has 2 heterocycles. The van der Waals surface area contributed by atoms with Crippen LogP contribution < -0.4 is 0 Å². The van der Waals surface area contributed by atoms with Crippen molar-refractivity contribution in [1.82, 2.24) is 14.5 Å². The van der Waals surface area contributed by atoms with Gasteiger partial charge in [0.15, 0.2) is 5.65 Å². The summed E-state index contributed by atoms with van der Waals surface area (Å²) in [6, 6.07) is 1.46. The largest absolute Gasteiger partial charge is 0.478 e. The Labute approximate surface area is 111 Å². The predicted octanol–water partition coefficient (Wildman–Crippen LogP) is 1.94. The van der Waals surface area contributed by atoms with Gasteiger partial charge in [0.25, 0.3) is 0 Å². The normalized spacial score (nSPS) is 14.5. The molecular formula is C13H17N3O3. The molecule has 6 heteroatoms. The van der Waals surface area contributed by atoms with Crippen LogP contribution in [-0.4, -0.2) is 32.7 Å². The van der Waals surface area contributed by atoms with E-state index in [2.05, 4.69) is 9.97 Å². The van der Waals surface area contributed by atoms with Gasteiger partial charge in [-0.2, -0.15) is 0 Å². The van der Waals surface area contributed by atoms with E-state index in [9.17, 15) is 9.90 Å². The van der Waals surface area contributed by atoms with Crippen molar-refractivity contribution in [3.8, 4) is 0 Å². The van der Waals surface area contributed by atoms with E-state index in [-0.39, 0.29) is 5.56 Å². The highest BCUT2D eigenvalue weighted by atomic mass is 16.5. The lowest BCUT2D eigenvalue weighted by molar-refractivity contribution is -0.0107. The number of hydrogen-bond acceptors (Lipinski definition) is 4. The zero-order valence-electron chi connectivity index (χ0n) is 11.5. The first-order valence-corrected chi connectivity index (χ1v) is 6.05. The Morgan fingerprint density at radius 2 is 2.26 bits per heavy atom. The molecule has 0 spiro atoms. The maximum Gasteiger partial charge on any atom is 0.338 e. The number of pyridine rings is 1. The molecule has 2 aromatic rings. The van der Waals surface area contributed by atoms with Crippen LogP contribution in [0.25, 0.3) is 11.2 Å². The molecule has 0 bridgehead atoms. The molecule has 19 heavy (non-hydrogen) atoms. The molecule has 0 saturated carbocycles. The van der Waals surface area contributed by atoms with Gasteiger partial charge in [0.2, 0.25) is 0 Å². The highest BCUT2D eigenvalue weighted by Crippen LogP contribution is 2.30. The fourth-order valence-electron chi connectivity index (χ4n) is 2.12. The zero-order valence-corrected chi connectivity index (χ0v) is 11.5. The van der Waals surface area contributed by atoms with Crippen LogP contribution in [0.3, 0.4) is 0 Å². The summed E-state index contributed by atoms with van der Waals surface area (Å²) in [6.07, 6.45) is 2.20. The number of fused-ring (bicyclic) bond motifs is 1. The number of nitrogens with zero attached hydrogens (tertiary/aromatic N) is 3. The minimum Gasteiger partial charge on any atom is -0.478 e. The second-order valence-corrected chi connectivity index (χ2v) is 4.62. The Morgan fingerprint density at radius 1 is 1.58 bits per heavy atom. The summed E-state index contributed by atoms with van der Waals surface area (Å²) in [7, 11) is 3.44. The van der Waals surface area contributed by atoms with Crippen molar-refractivity contribution in [2.45, 2.75) is 25.9 Å². The molecule has 0 aromatic carbocycles. The van der Waals surface area contributed by atoms with Crippen molar-refractivity contribution in [2.75, 3.05) is 7.11 Å². The van der Waals surface area contributed by atoms with Gasteiger partial charge >= 0.3 is 5.97 Å². The number of carboxylic acids is 1. The van der Waals surface area contributed by atoms with Crippen LogP contribution in [0.5, 0.6) is 0 Å². The second kappa shape index (κ2) is 4.62. The van der Waals surface area contributed by atoms with Crippen LogP contribution in [-0.2, 0) is 17.4 Å². The monoisotopic (exact) mass is 263 g/mol. The minimum atomic E-state index is -1.01. The maximum atomic E-state index is 11.2. The third-order valence-electron chi connectivity index (χ3n) is 3.59. The number of hydrogen-bond donors (Lipinski definition) is 1. The van der Waals surface area contributed by atoms with Crippen LogP contribution in [0.2, 0.25) is 0 Å². The summed E-state index contributed by atoms with van der Waals surface area (Å²) in [5.41, 5.74) is 0.530. The zero-order chi connectivity index (χ0) is 14.2. The van der Waals surface area contributed by atoms with Gasteiger partial charge in [-0.25, -0.2) is 14.8 Å². The van der Waals surface area contributed by atoms with Crippen LogP contribution in [0.4, 0.5) is 0 Å². The molecule has 102 valence electrons. The number of carbonyl (C=O) groups is 1. The van der Waals surface area contributed by atoms with Gasteiger partial charge in [0.1, 0.15) is 16.9 Å². The number of methoxy groups -OCH3 is 1. The van der Waals surface area contributed by atoms with E-state index in [1.807, 2.05) is 20.9 Å². The van der Waals surface area contributed by atoms with Gasteiger partial charge in [0, 0.05) is 20.4 Å². The fourth-order valence-corrected chi connectivity index (χ4v) is 2.12. The maximum absolute atomic E-state index is 11.2. The summed E-state index contributed by atoms with van der Waals surface area (Å²) in [5, 5.41) is 9.19. The Morgan fingerprint density at radius 3 is 2.79 bits per heavy atom. The van der Waals surface area contributed by atoms with Gasteiger partial charge in [-0.15, -0.1) is 0 Å². The van der Waals surface area contributed by atoms with Crippen LogP contribution >= 0.6 is 0 Å². The highest BCUT2D eigenvalue weighted by Gasteiger charge is 2.31. The van der Waals surface area contributed by atoms with E-state index in [0.717, 1.165) is 6.42 Å². The van der Waals surface area contributed by atoms with Gasteiger partial charge in [-0.05, 0) is 19.4 Å². The fraction of sp³-hybridized carbons (Fsp3) is 0.462. The van der Waals surface area contributed by atoms with Crippen molar-refractivity contribution in [3.05, 3.63) is 23.7 Å². The first kappa shape index (κ1) is 13.5. The van der Waals surface area contributed by atoms with Gasteiger partial charge in [-0.3, -0.25) is 0 Å². The molecule has 0 fully saturated rings. The van der Waals surface area contributed by atoms with Crippen molar-refractivity contribution in [2.24, 2.45) is 7.05 Å². The van der Waals surface area contributed by atoms with Crippen molar-refractivity contribution >= 4 is 17.1 Å². The predicted molar refractivity (Wildman–Crippen MR) is 70.1 cm³/mol. The average molecular weight is 263 g/mol. The molecule has 6 nitrogen and oxygen atoms in total. The number of aromatic carboxylic acids is 1. The lowest BCUT2D eigenvalue weighted by Crippen LogP contribution is -2.27. The molecule has 0 aliphatic heterocycles. The van der Waals surface area contributed by atoms with E-state index >= 15 is 0 Å².